The molecule has 2 nitrogen and oxygen atoms in total. The Kier molecular flexibility index (Phi) is 2.92. The predicted octanol–water partition coefficient (Wildman–Crippen LogP) is 1.99. The number of methoxy groups -OCH3 is 1. The van der Waals surface area contributed by atoms with Gasteiger partial charge in [-0.1, -0.05) is 19.8 Å². The van der Waals surface area contributed by atoms with Gasteiger partial charge in [-0.15, -0.1) is 0 Å². The molecule has 0 amide bonds. The highest BCUT2D eigenvalue weighted by atomic mass is 16.5. The minimum Gasteiger partial charge on any atom is -0.469 e. The first kappa shape index (κ1) is 8.57. The van der Waals surface area contributed by atoms with Gasteiger partial charge in [0, 0.05) is 0 Å². The maximum Gasteiger partial charge on any atom is 0.308 e. The van der Waals surface area contributed by atoms with Crippen molar-refractivity contribution in [1.82, 2.24) is 0 Å². The maximum absolute atomic E-state index is 11.1. The molecule has 0 aromatic heterocycles. The first-order chi connectivity index (χ1) is 5.24. The minimum absolute atomic E-state index is 0.0171. The van der Waals surface area contributed by atoms with Crippen molar-refractivity contribution in [2.45, 2.75) is 32.6 Å². The van der Waals surface area contributed by atoms with Crippen molar-refractivity contribution in [2.75, 3.05) is 7.11 Å². The molecule has 0 unspecified atom stereocenters. The molecule has 2 atom stereocenters. The number of carbonyl (C=O) groups excluding carboxylic acids is 1. The normalized spacial score (nSPS) is 31.5. The van der Waals surface area contributed by atoms with Crippen molar-refractivity contribution in [1.29, 1.82) is 0 Å². The van der Waals surface area contributed by atoms with Gasteiger partial charge in [0.1, 0.15) is 0 Å². The van der Waals surface area contributed by atoms with Gasteiger partial charge in [0.15, 0.2) is 0 Å². The smallest absolute Gasteiger partial charge is 0.308 e. The molecule has 0 spiro atoms. The van der Waals surface area contributed by atoms with Crippen molar-refractivity contribution in [2.24, 2.45) is 11.8 Å². The summed E-state index contributed by atoms with van der Waals surface area (Å²) >= 11 is 0. The summed E-state index contributed by atoms with van der Waals surface area (Å²) in [5, 5.41) is 0. The Hall–Kier alpha value is -0.530. The molecule has 0 aromatic carbocycles. The molecular weight excluding hydrogens is 140 g/mol. The van der Waals surface area contributed by atoms with Crippen LogP contribution in [0.25, 0.3) is 0 Å². The highest BCUT2D eigenvalue weighted by Crippen LogP contribution is 2.28. The molecule has 0 heterocycles. The second-order valence-electron chi connectivity index (χ2n) is 3.49. The van der Waals surface area contributed by atoms with E-state index in [2.05, 4.69) is 6.92 Å². The summed E-state index contributed by atoms with van der Waals surface area (Å²) in [5.41, 5.74) is 0. The highest BCUT2D eigenvalue weighted by molar-refractivity contribution is 5.72. The zero-order valence-electron chi connectivity index (χ0n) is 7.30. The Morgan fingerprint density at radius 2 is 2.18 bits per heavy atom. The van der Waals surface area contributed by atoms with Crippen LogP contribution in [-0.2, 0) is 9.53 Å². The number of ether oxygens (including phenoxy) is 1. The van der Waals surface area contributed by atoms with Crippen LogP contribution in [0, 0.1) is 11.8 Å². The van der Waals surface area contributed by atoms with E-state index in [1.54, 1.807) is 0 Å². The average Bonchev–Trinajstić information content (AvgIpc) is 2.03. The Balaban J connectivity index is 2.39. The van der Waals surface area contributed by atoms with E-state index in [1.165, 1.54) is 20.0 Å². The van der Waals surface area contributed by atoms with Crippen molar-refractivity contribution >= 4 is 5.97 Å². The van der Waals surface area contributed by atoms with Crippen molar-refractivity contribution in [3.63, 3.8) is 0 Å². The van der Waals surface area contributed by atoms with Crippen LogP contribution in [0.3, 0.4) is 0 Å². The summed E-state index contributed by atoms with van der Waals surface area (Å²) in [4.78, 5) is 11.1. The largest absolute Gasteiger partial charge is 0.469 e. The van der Waals surface area contributed by atoms with E-state index in [1.807, 2.05) is 0 Å². The Morgan fingerprint density at radius 1 is 1.45 bits per heavy atom. The van der Waals surface area contributed by atoms with Crippen LogP contribution in [0.15, 0.2) is 0 Å². The summed E-state index contributed by atoms with van der Waals surface area (Å²) in [6.07, 6.45) is 4.50. The number of hydrogen-bond donors (Lipinski definition) is 0. The molecule has 1 fully saturated rings. The van der Waals surface area contributed by atoms with Gasteiger partial charge in [0.25, 0.3) is 0 Å². The van der Waals surface area contributed by atoms with Crippen LogP contribution in [0.4, 0.5) is 0 Å². The van der Waals surface area contributed by atoms with E-state index in [4.69, 9.17) is 4.74 Å². The van der Waals surface area contributed by atoms with Gasteiger partial charge in [-0.2, -0.15) is 0 Å². The first-order valence-corrected chi connectivity index (χ1v) is 4.32. The zero-order chi connectivity index (χ0) is 8.27. The fourth-order valence-electron chi connectivity index (χ4n) is 1.81. The molecule has 0 aliphatic heterocycles. The number of esters is 1. The first-order valence-electron chi connectivity index (χ1n) is 4.32. The summed E-state index contributed by atoms with van der Waals surface area (Å²) in [6, 6.07) is 0. The molecule has 64 valence electrons. The standard InChI is InChI=1S/C9H16O2/c1-7-4-3-5-8(6-7)9(10)11-2/h7-8H,3-6H2,1-2H3/t7-,8-/m0/s1. The molecular formula is C9H16O2. The molecule has 1 saturated carbocycles. The lowest BCUT2D eigenvalue weighted by Gasteiger charge is -2.24. The maximum atomic E-state index is 11.1. The van der Waals surface area contributed by atoms with Gasteiger partial charge < -0.3 is 4.74 Å². The molecule has 0 aromatic rings. The number of rotatable bonds is 1. The summed E-state index contributed by atoms with van der Waals surface area (Å²) in [6.45, 7) is 2.20. The fourth-order valence-corrected chi connectivity index (χ4v) is 1.81. The molecule has 1 aliphatic carbocycles. The quantitative estimate of drug-likeness (QED) is 0.543. The lowest BCUT2D eigenvalue weighted by molar-refractivity contribution is -0.147. The van der Waals surface area contributed by atoms with Crippen LogP contribution in [-0.4, -0.2) is 13.1 Å². The topological polar surface area (TPSA) is 26.3 Å². The van der Waals surface area contributed by atoms with Gasteiger partial charge in [-0.05, 0) is 18.8 Å². The lowest BCUT2D eigenvalue weighted by atomic mass is 9.82. The monoisotopic (exact) mass is 156 g/mol. The van der Waals surface area contributed by atoms with Crippen LogP contribution < -0.4 is 0 Å². The number of hydrogen-bond acceptors (Lipinski definition) is 2. The molecule has 2 heteroatoms. The molecule has 0 saturated heterocycles. The fraction of sp³-hybridized carbons (Fsp3) is 0.889. The Morgan fingerprint density at radius 3 is 2.73 bits per heavy atom. The van der Waals surface area contributed by atoms with Crippen LogP contribution in [0.2, 0.25) is 0 Å². The van der Waals surface area contributed by atoms with Crippen molar-refractivity contribution < 1.29 is 9.53 Å². The van der Waals surface area contributed by atoms with E-state index in [9.17, 15) is 4.79 Å². The van der Waals surface area contributed by atoms with Gasteiger partial charge >= 0.3 is 5.97 Å². The summed E-state index contributed by atoms with van der Waals surface area (Å²) in [5.74, 6) is 0.869. The van der Waals surface area contributed by atoms with E-state index in [0.717, 1.165) is 12.8 Å². The predicted molar refractivity (Wildman–Crippen MR) is 43.1 cm³/mol. The molecule has 1 aliphatic rings. The van der Waals surface area contributed by atoms with Gasteiger partial charge in [0.05, 0.1) is 13.0 Å². The molecule has 0 radical (unpaired) electrons. The highest BCUT2D eigenvalue weighted by Gasteiger charge is 2.25. The Bertz CT molecular complexity index is 142. The lowest BCUT2D eigenvalue weighted by Crippen LogP contribution is -2.22. The second-order valence-corrected chi connectivity index (χ2v) is 3.49. The Labute approximate surface area is 67.9 Å². The van der Waals surface area contributed by atoms with E-state index in [0.29, 0.717) is 5.92 Å². The molecule has 0 N–H and O–H groups in total. The minimum atomic E-state index is -0.0171. The van der Waals surface area contributed by atoms with E-state index < -0.39 is 0 Å². The van der Waals surface area contributed by atoms with E-state index >= 15 is 0 Å². The summed E-state index contributed by atoms with van der Waals surface area (Å²) < 4.78 is 4.70. The van der Waals surface area contributed by atoms with Gasteiger partial charge in [0.2, 0.25) is 0 Å². The van der Waals surface area contributed by atoms with Crippen LogP contribution in [0.5, 0.6) is 0 Å². The summed E-state index contributed by atoms with van der Waals surface area (Å²) in [7, 11) is 1.47. The second kappa shape index (κ2) is 3.74. The third-order valence-corrected chi connectivity index (χ3v) is 2.47. The average molecular weight is 156 g/mol. The molecule has 11 heavy (non-hydrogen) atoms. The van der Waals surface area contributed by atoms with Gasteiger partial charge in [-0.3, -0.25) is 4.79 Å². The SMILES string of the molecule is COC(=O)[C@H]1CCC[C@H](C)C1. The van der Waals surface area contributed by atoms with Crippen molar-refractivity contribution in [3.8, 4) is 0 Å². The third kappa shape index (κ3) is 2.21. The third-order valence-electron chi connectivity index (χ3n) is 2.47. The van der Waals surface area contributed by atoms with Crippen molar-refractivity contribution in [3.05, 3.63) is 0 Å². The zero-order valence-corrected chi connectivity index (χ0v) is 7.30. The van der Waals surface area contributed by atoms with E-state index in [-0.39, 0.29) is 11.9 Å². The molecule has 0 bridgehead atoms. The molecule has 1 rings (SSSR count). The van der Waals surface area contributed by atoms with Crippen LogP contribution >= 0.6 is 0 Å². The van der Waals surface area contributed by atoms with Gasteiger partial charge in [-0.25, -0.2) is 0 Å². The van der Waals surface area contributed by atoms with Crippen LogP contribution in [0.1, 0.15) is 32.6 Å². The number of carbonyl (C=O) groups is 1.